The van der Waals surface area contributed by atoms with Gasteiger partial charge in [-0.15, -0.1) is 0 Å². The van der Waals surface area contributed by atoms with Gasteiger partial charge in [0.15, 0.2) is 8.32 Å². The Labute approximate surface area is 176 Å². The summed E-state index contributed by atoms with van der Waals surface area (Å²) in [4.78, 5) is 4.14. The summed E-state index contributed by atoms with van der Waals surface area (Å²) < 4.78 is 6.91. The summed E-state index contributed by atoms with van der Waals surface area (Å²) in [5.41, 5.74) is 1.56. The van der Waals surface area contributed by atoms with Crippen molar-refractivity contribution in [1.82, 2.24) is 4.98 Å². The minimum Gasteiger partial charge on any atom is -0.410 e. The lowest BCUT2D eigenvalue weighted by atomic mass is 9.88. The second-order valence-electron chi connectivity index (χ2n) is 9.32. The van der Waals surface area contributed by atoms with Crippen LogP contribution in [0, 0.1) is 23.2 Å². The average Bonchev–Trinajstić information content (AvgIpc) is 3.00. The maximum absolute atomic E-state index is 6.91. The normalized spacial score (nSPS) is 27.4. The summed E-state index contributed by atoms with van der Waals surface area (Å²) in [5.74, 6) is 2.73. The molecule has 27 heavy (non-hydrogen) atoms. The Balaban J connectivity index is 1.74. The molecule has 1 heterocycles. The summed E-state index contributed by atoms with van der Waals surface area (Å²) in [6.45, 7) is 11.7. The van der Waals surface area contributed by atoms with Gasteiger partial charge < -0.3 is 4.43 Å². The lowest BCUT2D eigenvalue weighted by Crippen LogP contribution is -2.37. The van der Waals surface area contributed by atoms with Gasteiger partial charge in [0.1, 0.15) is 0 Å². The van der Waals surface area contributed by atoms with E-state index in [4.69, 9.17) is 27.6 Å². The zero-order chi connectivity index (χ0) is 19.8. The van der Waals surface area contributed by atoms with E-state index in [1.165, 1.54) is 19.3 Å². The highest BCUT2D eigenvalue weighted by Gasteiger charge is 2.61. The van der Waals surface area contributed by atoms with Crippen LogP contribution in [0.2, 0.25) is 28.2 Å². The van der Waals surface area contributed by atoms with Crippen molar-refractivity contribution < 1.29 is 4.43 Å². The van der Waals surface area contributed by atoms with E-state index < -0.39 is 8.32 Å². The zero-order valence-electron chi connectivity index (χ0n) is 17.5. The van der Waals surface area contributed by atoms with Gasteiger partial charge in [-0.1, -0.05) is 57.8 Å². The molecule has 0 saturated heterocycles. The number of hydrogen-bond donors (Lipinski definition) is 0. The molecule has 152 valence electrons. The summed E-state index contributed by atoms with van der Waals surface area (Å²) in [5, 5.41) is 1.29. The molecule has 0 N–H and O–H groups in total. The number of aromatic nitrogens is 1. The van der Waals surface area contributed by atoms with Crippen LogP contribution in [-0.4, -0.2) is 13.3 Å². The van der Waals surface area contributed by atoms with Crippen molar-refractivity contribution >= 4 is 31.5 Å². The summed E-state index contributed by atoms with van der Waals surface area (Å²) in [6, 6.07) is 3.41. The van der Waals surface area contributed by atoms with Crippen molar-refractivity contribution in [2.24, 2.45) is 23.2 Å². The van der Waals surface area contributed by atoms with Gasteiger partial charge in [-0.05, 0) is 67.0 Å². The van der Waals surface area contributed by atoms with Crippen molar-refractivity contribution in [3.8, 4) is 0 Å². The molecule has 0 amide bonds. The van der Waals surface area contributed by atoms with Crippen molar-refractivity contribution in [1.29, 1.82) is 0 Å². The van der Waals surface area contributed by atoms with E-state index in [2.05, 4.69) is 39.6 Å². The van der Waals surface area contributed by atoms with Crippen LogP contribution in [0.3, 0.4) is 0 Å². The molecule has 1 aromatic heterocycles. The predicted molar refractivity (Wildman–Crippen MR) is 118 cm³/mol. The van der Waals surface area contributed by atoms with Crippen LogP contribution in [0.1, 0.15) is 72.0 Å². The fourth-order valence-electron chi connectivity index (χ4n) is 5.52. The lowest BCUT2D eigenvalue weighted by molar-refractivity contribution is 0.165. The molecule has 1 aromatic rings. The molecule has 4 atom stereocenters. The van der Waals surface area contributed by atoms with Gasteiger partial charge in [0.25, 0.3) is 0 Å². The molecule has 3 rings (SSSR count). The first-order valence-corrected chi connectivity index (χ1v) is 14.0. The molecule has 0 aliphatic heterocycles. The molecular formula is C22H35Cl2NOSi. The second kappa shape index (κ2) is 8.34. The number of pyridine rings is 1. The largest absolute Gasteiger partial charge is 0.410 e. The molecule has 0 bridgehead atoms. The third-order valence-electron chi connectivity index (χ3n) is 7.84. The van der Waals surface area contributed by atoms with Crippen molar-refractivity contribution in [2.75, 3.05) is 0 Å². The van der Waals surface area contributed by atoms with E-state index in [0.29, 0.717) is 15.5 Å². The van der Waals surface area contributed by atoms with Crippen molar-refractivity contribution in [3.63, 3.8) is 0 Å². The minimum atomic E-state index is -1.75. The third-order valence-corrected chi connectivity index (χ3v) is 13.1. The fraction of sp³-hybridized carbons (Fsp3) is 0.773. The van der Waals surface area contributed by atoms with E-state index in [9.17, 15) is 0 Å². The Kier molecular flexibility index (Phi) is 6.67. The molecular weight excluding hydrogens is 393 g/mol. The maximum atomic E-state index is 6.91. The molecule has 5 heteroatoms. The molecule has 0 aromatic carbocycles. The Morgan fingerprint density at radius 3 is 2.07 bits per heavy atom. The Bertz CT molecular complexity index is 619. The van der Waals surface area contributed by atoms with Gasteiger partial charge >= 0.3 is 0 Å². The van der Waals surface area contributed by atoms with Gasteiger partial charge in [-0.2, -0.15) is 0 Å². The number of hydrogen-bond acceptors (Lipinski definition) is 2. The summed E-state index contributed by atoms with van der Waals surface area (Å²) in [6.07, 6.45) is 8.43. The fourth-order valence-corrected chi connectivity index (χ4v) is 8.97. The number of rotatable bonds is 9. The highest BCUT2D eigenvalue weighted by atomic mass is 35.5. The monoisotopic (exact) mass is 427 g/mol. The smallest absolute Gasteiger partial charge is 0.192 e. The molecule has 0 spiro atoms. The van der Waals surface area contributed by atoms with Gasteiger partial charge in [0, 0.05) is 18.0 Å². The van der Waals surface area contributed by atoms with Crippen LogP contribution >= 0.6 is 23.2 Å². The van der Waals surface area contributed by atoms with E-state index in [-0.39, 0.29) is 6.10 Å². The molecule has 0 radical (unpaired) electrons. The number of fused-ring (bicyclic) bond motifs is 1. The topological polar surface area (TPSA) is 22.1 Å². The highest BCUT2D eigenvalue weighted by molar-refractivity contribution is 6.73. The molecule has 2 fully saturated rings. The molecule has 2 unspecified atom stereocenters. The molecule has 2 aliphatic rings. The van der Waals surface area contributed by atoms with Crippen LogP contribution < -0.4 is 0 Å². The molecule has 2 nitrogen and oxygen atoms in total. The summed E-state index contributed by atoms with van der Waals surface area (Å²) in [7, 11) is -1.75. The van der Waals surface area contributed by atoms with Crippen LogP contribution in [-0.2, 0) is 4.43 Å². The Morgan fingerprint density at radius 1 is 1.07 bits per heavy atom. The van der Waals surface area contributed by atoms with Crippen molar-refractivity contribution in [3.05, 3.63) is 28.0 Å². The number of halogens is 2. The minimum absolute atomic E-state index is 0.00412. The second-order valence-corrected chi connectivity index (χ2v) is 14.9. The maximum Gasteiger partial charge on any atom is 0.192 e. The standard InChI is InChI=1S/C22H35Cl2NOSi/c1-6-27(7-2,8-3)26-20(21-18(23)13-25-14-19(21)24)10-9-15-11-16-17(12-15)22(16,4)5/h13-17,20H,6-12H2,1-5H3/t15?,16-,17+,20?. The van der Waals surface area contributed by atoms with E-state index in [1.54, 1.807) is 12.4 Å². The van der Waals surface area contributed by atoms with Gasteiger partial charge in [0.2, 0.25) is 0 Å². The first kappa shape index (κ1) is 21.6. The van der Waals surface area contributed by atoms with Gasteiger partial charge in [-0.25, -0.2) is 0 Å². The first-order chi connectivity index (χ1) is 12.8. The summed E-state index contributed by atoms with van der Waals surface area (Å²) >= 11 is 13.1. The van der Waals surface area contributed by atoms with E-state index in [0.717, 1.165) is 47.9 Å². The zero-order valence-corrected chi connectivity index (χ0v) is 20.0. The quantitative estimate of drug-likeness (QED) is 0.373. The lowest BCUT2D eigenvalue weighted by Gasteiger charge is -2.34. The van der Waals surface area contributed by atoms with Crippen LogP contribution in [0.5, 0.6) is 0 Å². The Morgan fingerprint density at radius 2 is 1.59 bits per heavy atom. The highest BCUT2D eigenvalue weighted by Crippen LogP contribution is 2.68. The van der Waals surface area contributed by atoms with Crippen LogP contribution in [0.4, 0.5) is 0 Å². The van der Waals surface area contributed by atoms with Crippen LogP contribution in [0.15, 0.2) is 12.4 Å². The van der Waals surface area contributed by atoms with Crippen LogP contribution in [0.25, 0.3) is 0 Å². The SMILES string of the molecule is CC[Si](CC)(CC)OC(CCC1C[C@@H]2[C@H](C1)C2(C)C)c1c(Cl)cncc1Cl. The molecule has 2 saturated carbocycles. The third kappa shape index (κ3) is 4.27. The number of nitrogens with zero attached hydrogens (tertiary/aromatic N) is 1. The average molecular weight is 429 g/mol. The van der Waals surface area contributed by atoms with E-state index in [1.807, 2.05) is 0 Å². The van der Waals surface area contributed by atoms with Crippen molar-refractivity contribution in [2.45, 2.75) is 84.5 Å². The van der Waals surface area contributed by atoms with Gasteiger partial charge in [-0.3, -0.25) is 4.98 Å². The molecule has 2 aliphatic carbocycles. The first-order valence-electron chi connectivity index (χ1n) is 10.7. The van der Waals surface area contributed by atoms with Gasteiger partial charge in [0.05, 0.1) is 16.1 Å². The predicted octanol–water partition coefficient (Wildman–Crippen LogP) is 7.91. The Hall–Kier alpha value is -0.0931. The van der Waals surface area contributed by atoms with E-state index >= 15 is 0 Å².